The van der Waals surface area contributed by atoms with Gasteiger partial charge in [0.1, 0.15) is 35.4 Å². The van der Waals surface area contributed by atoms with Crippen LogP contribution in [0.2, 0.25) is 0 Å². The van der Waals surface area contributed by atoms with Crippen LogP contribution in [0.15, 0.2) is 73.6 Å². The molecule has 4 saturated heterocycles. The second-order valence-corrected chi connectivity index (χ2v) is 24.7. The van der Waals surface area contributed by atoms with E-state index < -0.39 is 0 Å². The van der Waals surface area contributed by atoms with Crippen LogP contribution in [0.3, 0.4) is 0 Å². The molecule has 4 aliphatic heterocycles. The van der Waals surface area contributed by atoms with Crippen molar-refractivity contribution in [2.45, 2.75) is 170 Å². The fourth-order valence-corrected chi connectivity index (χ4v) is 11.3. The zero-order chi connectivity index (χ0) is 69.8. The zero-order valence-electron chi connectivity index (χ0n) is 58.3. The van der Waals surface area contributed by atoms with E-state index >= 15 is 0 Å². The molecule has 1 aliphatic carbocycles. The number of pyridine rings is 3. The lowest BCUT2D eigenvalue weighted by Gasteiger charge is -2.27. The number of carbonyl (C=O) groups excluding carboxylic acids is 3. The third-order valence-corrected chi connectivity index (χ3v) is 16.8. The Morgan fingerprint density at radius 2 is 0.833 bits per heavy atom. The lowest BCUT2D eigenvalue weighted by molar-refractivity contribution is 0.0234. The van der Waals surface area contributed by atoms with Crippen molar-refractivity contribution < 1.29 is 47.5 Å². The van der Waals surface area contributed by atoms with Crippen LogP contribution >= 0.6 is 0 Å². The van der Waals surface area contributed by atoms with Crippen molar-refractivity contribution in [2.24, 2.45) is 0 Å². The van der Waals surface area contributed by atoms with Crippen LogP contribution < -0.4 is 36.7 Å². The summed E-state index contributed by atoms with van der Waals surface area (Å²) in [7, 11) is 3.42. The molecule has 0 bridgehead atoms. The highest BCUT2D eigenvalue weighted by Crippen LogP contribution is 2.33. The number of rotatable bonds is 19. The molecular weight excluding hydrogens is 1220 g/mol. The first-order valence-electron chi connectivity index (χ1n) is 34.0. The Bertz CT molecular complexity index is 3560. The van der Waals surface area contributed by atoms with E-state index in [9.17, 15) is 14.4 Å². The van der Waals surface area contributed by atoms with Crippen molar-refractivity contribution in [2.75, 3.05) is 97.2 Å². The number of amides is 3. The third kappa shape index (κ3) is 18.9. The SMILES string of the molecule is CC.CC.CC(C)n1cc(C(=N)c2c(N)ccnc2OC2CCOCC2)cc1C(=O)N(C)C.CC(C)n1cc(C(=N)c2c(N)ccnc2OC2CCOCC2)cc1C(=O)N1CCOCC1.CC(C)n1cc(C(=N)c2c(N)ccnc2OC2CCOCC2)cc1C(=O)NC1CCC1. The maximum absolute atomic E-state index is 13.2. The summed E-state index contributed by atoms with van der Waals surface area (Å²) in [6, 6.07) is 10.7. The first-order chi connectivity index (χ1) is 46.2. The largest absolute Gasteiger partial charge is 0.474 e. The van der Waals surface area contributed by atoms with Crippen LogP contribution in [-0.4, -0.2) is 178 Å². The molecule has 0 spiro atoms. The molecule has 25 heteroatoms. The molecule has 0 radical (unpaired) electrons. The number of morpholine rings is 1. The molecule has 96 heavy (non-hydrogen) atoms. The summed E-state index contributed by atoms with van der Waals surface area (Å²) in [6.07, 6.45) is 18.0. The Morgan fingerprint density at radius 3 is 1.17 bits per heavy atom. The molecular formula is C71H103N15O10. The number of nitrogens with zero attached hydrogens (tertiary/aromatic N) is 8. The van der Waals surface area contributed by atoms with E-state index in [1.54, 1.807) is 74.0 Å². The maximum atomic E-state index is 13.2. The molecule has 0 aromatic carbocycles. The first-order valence-corrected chi connectivity index (χ1v) is 34.0. The highest BCUT2D eigenvalue weighted by atomic mass is 16.5. The Morgan fingerprint density at radius 1 is 0.510 bits per heavy atom. The van der Waals surface area contributed by atoms with E-state index in [1.807, 2.05) is 102 Å². The highest BCUT2D eigenvalue weighted by Gasteiger charge is 2.31. The van der Waals surface area contributed by atoms with Crippen molar-refractivity contribution in [3.8, 4) is 17.6 Å². The lowest BCUT2D eigenvalue weighted by Crippen LogP contribution is -2.41. The highest BCUT2D eigenvalue weighted by molar-refractivity contribution is 6.17. The number of aromatic nitrogens is 6. The van der Waals surface area contributed by atoms with Gasteiger partial charge in [-0.1, -0.05) is 27.7 Å². The van der Waals surface area contributed by atoms with Crippen molar-refractivity contribution >= 4 is 51.9 Å². The minimum absolute atomic E-state index is 0.0151. The summed E-state index contributed by atoms with van der Waals surface area (Å²) in [6.45, 7) is 26.1. The molecule has 11 rings (SSSR count). The zero-order valence-corrected chi connectivity index (χ0v) is 58.3. The van der Waals surface area contributed by atoms with Crippen molar-refractivity contribution in [3.63, 3.8) is 0 Å². The van der Waals surface area contributed by atoms with E-state index in [4.69, 9.17) is 66.6 Å². The van der Waals surface area contributed by atoms with Crippen molar-refractivity contribution in [1.29, 1.82) is 16.2 Å². The molecule has 6 aromatic heterocycles. The van der Waals surface area contributed by atoms with Crippen LogP contribution in [-0.2, 0) is 18.9 Å². The third-order valence-electron chi connectivity index (χ3n) is 16.8. The van der Waals surface area contributed by atoms with Crippen molar-refractivity contribution in [3.05, 3.63) is 124 Å². The molecule has 6 aromatic rings. The minimum atomic E-state index is -0.115. The average Bonchev–Trinajstić information content (AvgIpc) is 1.61. The predicted molar refractivity (Wildman–Crippen MR) is 374 cm³/mol. The first kappa shape index (κ1) is 74.7. The van der Waals surface area contributed by atoms with Gasteiger partial charge in [-0.3, -0.25) is 30.6 Å². The van der Waals surface area contributed by atoms with Crippen LogP contribution in [0.5, 0.6) is 17.6 Å². The van der Waals surface area contributed by atoms with Crippen molar-refractivity contribution in [1.82, 2.24) is 43.8 Å². The average molecular weight is 1330 g/mol. The predicted octanol–water partition coefficient (Wildman–Crippen LogP) is 10.6. The Balaban J connectivity index is 0.000000198. The smallest absolute Gasteiger partial charge is 0.270 e. The van der Waals surface area contributed by atoms with Gasteiger partial charge in [0, 0.05) is 161 Å². The standard InChI is InChI=1S/C23H31N5O4.C23H31N5O3.C21H29N5O3.2C2H6/c1-15(2)28-14-16(13-19(28)23(29)27-7-11-31-12-8-27)21(25)20-18(24)3-6-26-22(20)32-17-4-9-30-10-5-17;1-14(2)28-13-15(12-19(28)22(29)27-16-4-3-5-16)21(25)20-18(24)6-9-26-23(20)31-17-7-10-30-11-8-17;1-13(2)26-12-14(11-17(26)21(27)25(3)4)19(23)18-16(22)5-8-24-20(18)29-15-6-9-28-10-7-15;2*1-2/h3,6,13-15,17,25H,4-5,7-12H2,1-2H3,(H2,24,26);6,9,12-14,16-17,25H,3-5,7-8,10-11H2,1-2H3,(H2,24,26)(H,27,29);5,8,11-13,15,23H,6-7,9-10H2,1-4H3,(H2,22,24);2*1-2H3. The van der Waals surface area contributed by atoms with Gasteiger partial charge in [0.25, 0.3) is 17.7 Å². The molecule has 25 nitrogen and oxygen atoms in total. The van der Waals surface area contributed by atoms with Gasteiger partial charge >= 0.3 is 0 Å². The quantitative estimate of drug-likeness (QED) is 0.0371. The van der Waals surface area contributed by atoms with Gasteiger partial charge in [-0.25, -0.2) is 15.0 Å². The molecule has 3 amide bonds. The second-order valence-electron chi connectivity index (χ2n) is 24.7. The lowest BCUT2D eigenvalue weighted by atomic mass is 9.93. The van der Waals surface area contributed by atoms with E-state index in [1.165, 1.54) is 4.90 Å². The Kier molecular flexibility index (Phi) is 28.0. The normalized spacial score (nSPS) is 16.1. The fraction of sp³-hybridized carbons (Fsp3) is 0.535. The van der Waals surface area contributed by atoms with E-state index in [0.29, 0.717) is 151 Å². The number of nitrogens with one attached hydrogen (secondary N) is 4. The van der Waals surface area contributed by atoms with Crippen LogP contribution in [0.4, 0.5) is 17.1 Å². The van der Waals surface area contributed by atoms with Gasteiger partial charge < -0.3 is 79.2 Å². The molecule has 0 atom stereocenters. The summed E-state index contributed by atoms with van der Waals surface area (Å²) >= 11 is 0. The van der Waals surface area contributed by atoms with Gasteiger partial charge in [0.05, 0.1) is 86.7 Å². The number of nitrogen functional groups attached to an aromatic ring is 3. The van der Waals surface area contributed by atoms with Crippen LogP contribution in [0.1, 0.15) is 210 Å². The molecule has 1 saturated carbocycles. The number of hydrogen-bond donors (Lipinski definition) is 7. The van der Waals surface area contributed by atoms with Crippen LogP contribution in [0, 0.1) is 16.2 Å². The van der Waals surface area contributed by atoms with Gasteiger partial charge in [0.15, 0.2) is 0 Å². The molecule has 522 valence electrons. The van der Waals surface area contributed by atoms with E-state index in [-0.39, 0.29) is 77.3 Å². The van der Waals surface area contributed by atoms with Gasteiger partial charge in [-0.2, -0.15) is 0 Å². The summed E-state index contributed by atoms with van der Waals surface area (Å²) in [5.41, 5.74) is 25.4. The van der Waals surface area contributed by atoms with E-state index in [0.717, 1.165) is 57.8 Å². The summed E-state index contributed by atoms with van der Waals surface area (Å²) < 4.78 is 45.6. The summed E-state index contributed by atoms with van der Waals surface area (Å²) in [5, 5.41) is 29.7. The van der Waals surface area contributed by atoms with Gasteiger partial charge in [0.2, 0.25) is 17.6 Å². The fourth-order valence-electron chi connectivity index (χ4n) is 11.3. The minimum Gasteiger partial charge on any atom is -0.474 e. The second kappa shape index (κ2) is 35.9. The summed E-state index contributed by atoms with van der Waals surface area (Å²) in [5.74, 6) is 0.777. The molecule has 5 aliphatic rings. The Hall–Kier alpha value is -8.65. The molecule has 10 N–H and O–H groups in total. The molecule has 5 fully saturated rings. The number of ether oxygens (including phenoxy) is 7. The monoisotopic (exact) mass is 1330 g/mol. The number of anilines is 3. The number of hydrogen-bond acceptors (Lipinski definition) is 19. The summed E-state index contributed by atoms with van der Waals surface area (Å²) in [4.78, 5) is 55.1. The van der Waals surface area contributed by atoms with Gasteiger partial charge in [-0.15, -0.1) is 0 Å². The van der Waals surface area contributed by atoms with E-state index in [2.05, 4.69) is 20.3 Å². The molecule has 10 heterocycles. The number of carbonyl (C=O) groups is 3. The Labute approximate surface area is 565 Å². The number of nitrogens with two attached hydrogens (primary N) is 3. The van der Waals surface area contributed by atoms with Crippen LogP contribution in [0.25, 0.3) is 0 Å². The molecule has 0 unspecified atom stereocenters. The topological polar surface area (TPSA) is 337 Å². The maximum Gasteiger partial charge on any atom is 0.270 e. The van der Waals surface area contributed by atoms with Gasteiger partial charge in [-0.05, 0) is 97.2 Å².